The third-order valence-electron chi connectivity index (χ3n) is 5.33. The van der Waals surface area contributed by atoms with Crippen LogP contribution in [0.15, 0.2) is 48.5 Å². The number of rotatable bonds is 7. The Labute approximate surface area is 173 Å². The van der Waals surface area contributed by atoms with Crippen LogP contribution >= 0.6 is 0 Å². The molecule has 1 aliphatic heterocycles. The van der Waals surface area contributed by atoms with Crippen molar-refractivity contribution >= 4 is 15.7 Å². The molecule has 0 saturated carbocycles. The van der Waals surface area contributed by atoms with Gasteiger partial charge in [0.2, 0.25) is 0 Å². The van der Waals surface area contributed by atoms with Gasteiger partial charge < -0.3 is 9.64 Å². The molecule has 0 N–H and O–H groups in total. The second-order valence-corrected chi connectivity index (χ2v) is 10.0. The number of carbonyl (C=O) groups excluding carboxylic acids is 1. The maximum absolute atomic E-state index is 13.5. The molecule has 1 fully saturated rings. The Morgan fingerprint density at radius 2 is 1.83 bits per heavy atom. The van der Waals surface area contributed by atoms with Crippen LogP contribution in [0.1, 0.15) is 54.6 Å². The molecule has 3 rings (SSSR count). The summed E-state index contributed by atoms with van der Waals surface area (Å²) in [5.74, 6) is 0.908. The molecule has 156 valence electrons. The van der Waals surface area contributed by atoms with Crippen molar-refractivity contribution in [3.05, 3.63) is 65.2 Å². The first-order chi connectivity index (χ1) is 13.8. The van der Waals surface area contributed by atoms with Crippen molar-refractivity contribution < 1.29 is 17.9 Å². The molecule has 0 spiro atoms. The Balaban J connectivity index is 1.92. The van der Waals surface area contributed by atoms with E-state index in [1.54, 1.807) is 23.1 Å². The Morgan fingerprint density at radius 3 is 2.41 bits per heavy atom. The highest BCUT2D eigenvalue weighted by molar-refractivity contribution is 7.91. The minimum Gasteiger partial charge on any atom is -0.493 e. The third-order valence-corrected chi connectivity index (χ3v) is 7.08. The van der Waals surface area contributed by atoms with E-state index < -0.39 is 9.84 Å². The number of para-hydroxylation sites is 1. The summed E-state index contributed by atoms with van der Waals surface area (Å²) in [7, 11) is -3.11. The molecular formula is C23H29NO4S. The molecule has 5 nitrogen and oxygen atoms in total. The first kappa shape index (κ1) is 21.4. The molecule has 0 aliphatic carbocycles. The molecule has 1 unspecified atom stereocenters. The summed E-state index contributed by atoms with van der Waals surface area (Å²) < 4.78 is 29.8. The second kappa shape index (κ2) is 8.99. The van der Waals surface area contributed by atoms with Gasteiger partial charge in [0.25, 0.3) is 5.91 Å². The zero-order valence-electron chi connectivity index (χ0n) is 17.3. The van der Waals surface area contributed by atoms with Crippen LogP contribution in [0.2, 0.25) is 0 Å². The quantitative estimate of drug-likeness (QED) is 0.685. The molecule has 1 aliphatic rings. The Bertz CT molecular complexity index is 951. The van der Waals surface area contributed by atoms with E-state index in [2.05, 4.69) is 26.0 Å². The zero-order valence-corrected chi connectivity index (χ0v) is 18.1. The fraction of sp³-hybridized carbons (Fsp3) is 0.435. The smallest absolute Gasteiger partial charge is 0.258 e. The molecule has 1 amide bonds. The van der Waals surface area contributed by atoms with Gasteiger partial charge in [-0.15, -0.1) is 0 Å². The van der Waals surface area contributed by atoms with E-state index in [0.29, 0.717) is 36.8 Å². The average Bonchev–Trinajstić information content (AvgIpc) is 3.06. The van der Waals surface area contributed by atoms with E-state index in [9.17, 15) is 13.2 Å². The zero-order chi connectivity index (χ0) is 21.0. The van der Waals surface area contributed by atoms with Gasteiger partial charge in [-0.25, -0.2) is 8.42 Å². The molecule has 6 heteroatoms. The summed E-state index contributed by atoms with van der Waals surface area (Å²) in [4.78, 5) is 15.2. The summed E-state index contributed by atoms with van der Waals surface area (Å²) >= 11 is 0. The predicted octanol–water partition coefficient (Wildman–Crippen LogP) is 4.04. The molecular weight excluding hydrogens is 386 g/mol. The highest BCUT2D eigenvalue weighted by Crippen LogP contribution is 2.26. The summed E-state index contributed by atoms with van der Waals surface area (Å²) in [5.41, 5.74) is 2.69. The normalized spacial score (nSPS) is 18.0. The van der Waals surface area contributed by atoms with Crippen LogP contribution in [0.5, 0.6) is 5.75 Å². The van der Waals surface area contributed by atoms with Crippen molar-refractivity contribution in [1.82, 2.24) is 4.90 Å². The molecule has 1 saturated heterocycles. The van der Waals surface area contributed by atoms with Gasteiger partial charge in [0.05, 0.1) is 23.7 Å². The number of hydrogen-bond acceptors (Lipinski definition) is 4. The van der Waals surface area contributed by atoms with Crippen LogP contribution in [0.25, 0.3) is 0 Å². The van der Waals surface area contributed by atoms with E-state index in [4.69, 9.17) is 4.74 Å². The van der Waals surface area contributed by atoms with Gasteiger partial charge in [-0.1, -0.05) is 50.2 Å². The maximum atomic E-state index is 13.5. The average molecular weight is 416 g/mol. The largest absolute Gasteiger partial charge is 0.493 e. The topological polar surface area (TPSA) is 63.7 Å². The van der Waals surface area contributed by atoms with Gasteiger partial charge in [0, 0.05) is 12.6 Å². The van der Waals surface area contributed by atoms with E-state index in [0.717, 1.165) is 5.56 Å². The van der Waals surface area contributed by atoms with Crippen LogP contribution in [-0.4, -0.2) is 43.4 Å². The number of amides is 1. The lowest BCUT2D eigenvalue weighted by Crippen LogP contribution is -2.40. The Kier molecular flexibility index (Phi) is 6.63. The standard InChI is InChI=1S/C23H29NO4S/c1-4-28-22-8-6-5-7-21(22)23(25)24(20-13-14-29(26,27)16-20)15-18-9-11-19(12-10-18)17(2)3/h5-12,17,20H,4,13-16H2,1-3H3. The second-order valence-electron chi connectivity index (χ2n) is 7.82. The first-order valence-corrected chi connectivity index (χ1v) is 11.9. The van der Waals surface area contributed by atoms with Gasteiger partial charge in [-0.3, -0.25) is 4.79 Å². The maximum Gasteiger partial charge on any atom is 0.258 e. The number of carbonyl (C=O) groups is 1. The van der Waals surface area contributed by atoms with E-state index in [1.165, 1.54) is 5.56 Å². The predicted molar refractivity (Wildman–Crippen MR) is 115 cm³/mol. The number of nitrogens with zero attached hydrogens (tertiary/aromatic N) is 1. The molecule has 2 aromatic carbocycles. The molecule has 29 heavy (non-hydrogen) atoms. The number of sulfone groups is 1. The first-order valence-electron chi connectivity index (χ1n) is 10.1. The SMILES string of the molecule is CCOc1ccccc1C(=O)N(Cc1ccc(C(C)C)cc1)C1CCS(=O)(=O)C1. The van der Waals surface area contributed by atoms with E-state index in [1.807, 2.05) is 25.1 Å². The fourth-order valence-electron chi connectivity index (χ4n) is 3.67. The molecule has 1 atom stereocenters. The fourth-order valence-corrected chi connectivity index (χ4v) is 5.40. The molecule has 0 radical (unpaired) electrons. The summed E-state index contributed by atoms with van der Waals surface area (Å²) in [6, 6.07) is 15.0. The van der Waals surface area contributed by atoms with Crippen LogP contribution in [-0.2, 0) is 16.4 Å². The minimum absolute atomic E-state index is 0.0135. The third kappa shape index (κ3) is 5.18. The number of benzene rings is 2. The number of hydrogen-bond donors (Lipinski definition) is 0. The Morgan fingerprint density at radius 1 is 1.14 bits per heavy atom. The van der Waals surface area contributed by atoms with Gasteiger partial charge in [0.15, 0.2) is 9.84 Å². The monoisotopic (exact) mass is 415 g/mol. The molecule has 2 aromatic rings. The number of ether oxygens (including phenoxy) is 1. The van der Waals surface area contributed by atoms with Crippen molar-refractivity contribution in [3.63, 3.8) is 0 Å². The van der Waals surface area contributed by atoms with Crippen LogP contribution in [0.4, 0.5) is 0 Å². The van der Waals surface area contributed by atoms with Gasteiger partial charge in [-0.05, 0) is 42.5 Å². The molecule has 0 aromatic heterocycles. The lowest BCUT2D eigenvalue weighted by molar-refractivity contribution is 0.0676. The van der Waals surface area contributed by atoms with Crippen molar-refractivity contribution in [2.45, 2.75) is 45.7 Å². The van der Waals surface area contributed by atoms with E-state index >= 15 is 0 Å². The summed E-state index contributed by atoms with van der Waals surface area (Å²) in [5, 5.41) is 0. The lowest BCUT2D eigenvalue weighted by atomic mass is 10.0. The van der Waals surface area contributed by atoms with Crippen LogP contribution in [0.3, 0.4) is 0 Å². The van der Waals surface area contributed by atoms with Gasteiger partial charge >= 0.3 is 0 Å². The highest BCUT2D eigenvalue weighted by atomic mass is 32.2. The summed E-state index contributed by atoms with van der Waals surface area (Å²) in [6.07, 6.45) is 0.467. The van der Waals surface area contributed by atoms with Crippen LogP contribution in [0, 0.1) is 0 Å². The van der Waals surface area contributed by atoms with Crippen molar-refractivity contribution in [2.75, 3.05) is 18.1 Å². The highest BCUT2D eigenvalue weighted by Gasteiger charge is 2.35. The Hall–Kier alpha value is -2.34. The van der Waals surface area contributed by atoms with Crippen molar-refractivity contribution in [2.24, 2.45) is 0 Å². The van der Waals surface area contributed by atoms with Crippen LogP contribution < -0.4 is 4.74 Å². The van der Waals surface area contributed by atoms with Crippen molar-refractivity contribution in [3.8, 4) is 5.75 Å². The van der Waals surface area contributed by atoms with E-state index in [-0.39, 0.29) is 23.5 Å². The minimum atomic E-state index is -3.11. The van der Waals surface area contributed by atoms with Crippen molar-refractivity contribution in [1.29, 1.82) is 0 Å². The molecule has 1 heterocycles. The summed E-state index contributed by atoms with van der Waals surface area (Å²) in [6.45, 7) is 6.98. The lowest BCUT2D eigenvalue weighted by Gasteiger charge is -2.29. The molecule has 0 bridgehead atoms. The van der Waals surface area contributed by atoms with Gasteiger partial charge in [-0.2, -0.15) is 0 Å². The van der Waals surface area contributed by atoms with Gasteiger partial charge in [0.1, 0.15) is 5.75 Å².